The third kappa shape index (κ3) is 4.87. The van der Waals surface area contributed by atoms with Crippen LogP contribution in [0.5, 0.6) is 0 Å². The van der Waals surface area contributed by atoms with E-state index in [0.717, 1.165) is 45.4 Å². The first kappa shape index (κ1) is 24.8. The number of nitriles is 2. The van der Waals surface area contributed by atoms with Crippen molar-refractivity contribution in [3.63, 3.8) is 0 Å². The molecule has 0 radical (unpaired) electrons. The summed E-state index contributed by atoms with van der Waals surface area (Å²) in [4.78, 5) is 8.99. The van der Waals surface area contributed by atoms with E-state index >= 15 is 0 Å². The van der Waals surface area contributed by atoms with Gasteiger partial charge in [-0.2, -0.15) is 10.5 Å². The van der Waals surface area contributed by atoms with Gasteiger partial charge in [-0.05, 0) is 42.0 Å². The average Bonchev–Trinajstić information content (AvgIpc) is 3.45. The third-order valence-electron chi connectivity index (χ3n) is 6.76. The van der Waals surface area contributed by atoms with E-state index in [0.29, 0.717) is 34.9 Å². The molecule has 0 bridgehead atoms. The van der Waals surface area contributed by atoms with Crippen LogP contribution in [0.25, 0.3) is 21.1 Å². The van der Waals surface area contributed by atoms with Crippen LogP contribution in [0, 0.1) is 28.1 Å². The number of hydrogen-bond acceptors (Lipinski definition) is 9. The summed E-state index contributed by atoms with van der Waals surface area (Å²) < 4.78 is 3.01. The van der Waals surface area contributed by atoms with E-state index in [1.165, 1.54) is 6.20 Å². The molecule has 5 aromatic rings. The minimum absolute atomic E-state index is 0.0118. The second-order valence-corrected chi connectivity index (χ2v) is 11.9. The van der Waals surface area contributed by atoms with Gasteiger partial charge in [0.25, 0.3) is 0 Å². The number of aromatic nitrogens is 5. The molecule has 3 heterocycles. The largest absolute Gasteiger partial charge is 0.383 e. The van der Waals surface area contributed by atoms with E-state index in [1.807, 2.05) is 34.6 Å². The van der Waals surface area contributed by atoms with Crippen molar-refractivity contribution in [2.45, 2.75) is 45.7 Å². The molecule has 2 N–H and O–H groups in total. The van der Waals surface area contributed by atoms with Gasteiger partial charge in [0.15, 0.2) is 0 Å². The smallest absolute Gasteiger partial charge is 0.110 e. The van der Waals surface area contributed by atoms with Crippen LogP contribution in [0.15, 0.2) is 48.2 Å². The fourth-order valence-corrected chi connectivity index (χ4v) is 5.49. The standard InChI is InChI=1S/C29H27N9S/c1-29(2,3)15-33-26-18(12-31)13-32-25-17(11-30)9-19(10-22(25)26)35-27(24-14-38(37-36-24)20-7-8-20)21-5-4-6-23-28(21)39-16-34-23/h4-6,9-10,13-14,16,20,27,35H,7-8,15H2,1-3H3,(H,32,33). The van der Waals surface area contributed by atoms with E-state index in [4.69, 9.17) is 0 Å². The molecule has 0 spiro atoms. The molecule has 1 aliphatic carbocycles. The lowest BCUT2D eigenvalue weighted by atomic mass is 9.96. The summed E-state index contributed by atoms with van der Waals surface area (Å²) in [6.07, 6.45) is 5.76. The van der Waals surface area contributed by atoms with Crippen LogP contribution in [-0.4, -0.2) is 31.5 Å². The fraction of sp³-hybridized carbons (Fsp3) is 0.310. The number of nitrogens with one attached hydrogen (secondary N) is 2. The Hall–Kier alpha value is -4.54. The van der Waals surface area contributed by atoms with Gasteiger partial charge in [0.1, 0.15) is 17.8 Å². The predicted molar refractivity (Wildman–Crippen MR) is 152 cm³/mol. The number of benzene rings is 2. The molecule has 1 unspecified atom stereocenters. The molecule has 1 saturated carbocycles. The molecule has 39 heavy (non-hydrogen) atoms. The second-order valence-electron chi connectivity index (χ2n) is 11.1. The lowest BCUT2D eigenvalue weighted by Gasteiger charge is -2.22. The van der Waals surface area contributed by atoms with Crippen molar-refractivity contribution in [2.24, 2.45) is 5.41 Å². The van der Waals surface area contributed by atoms with Gasteiger partial charge in [0.2, 0.25) is 0 Å². The predicted octanol–water partition coefficient (Wildman–Crippen LogP) is 6.17. The highest BCUT2D eigenvalue weighted by Gasteiger charge is 2.28. The monoisotopic (exact) mass is 533 g/mol. The van der Waals surface area contributed by atoms with Crippen LogP contribution < -0.4 is 10.6 Å². The summed E-state index contributed by atoms with van der Waals surface area (Å²) in [5.41, 5.74) is 7.40. The normalized spacial score (nSPS) is 14.2. The van der Waals surface area contributed by atoms with Gasteiger partial charge in [0, 0.05) is 23.8 Å². The van der Waals surface area contributed by atoms with Crippen LogP contribution in [0.2, 0.25) is 0 Å². The van der Waals surface area contributed by atoms with Gasteiger partial charge in [-0.1, -0.05) is 38.1 Å². The first-order chi connectivity index (χ1) is 18.8. The number of nitrogens with zero attached hydrogens (tertiary/aromatic N) is 7. The highest BCUT2D eigenvalue weighted by molar-refractivity contribution is 7.17. The maximum atomic E-state index is 10.1. The van der Waals surface area contributed by atoms with Gasteiger partial charge >= 0.3 is 0 Å². The van der Waals surface area contributed by atoms with Crippen LogP contribution in [-0.2, 0) is 0 Å². The molecule has 0 aliphatic heterocycles. The Morgan fingerprint density at radius 3 is 2.69 bits per heavy atom. The fourth-order valence-electron chi connectivity index (χ4n) is 4.65. The van der Waals surface area contributed by atoms with Crippen molar-refractivity contribution in [3.05, 3.63) is 70.6 Å². The highest BCUT2D eigenvalue weighted by Crippen LogP contribution is 2.38. The zero-order valence-corrected chi connectivity index (χ0v) is 22.8. The molecule has 0 amide bonds. The first-order valence-corrected chi connectivity index (χ1v) is 13.7. The van der Waals surface area contributed by atoms with E-state index in [-0.39, 0.29) is 11.5 Å². The molecular formula is C29H27N9S. The zero-order chi connectivity index (χ0) is 27.1. The molecule has 194 valence electrons. The van der Waals surface area contributed by atoms with E-state index < -0.39 is 0 Å². The van der Waals surface area contributed by atoms with Crippen molar-refractivity contribution in [2.75, 3.05) is 17.2 Å². The molecule has 10 heteroatoms. The van der Waals surface area contributed by atoms with E-state index in [2.05, 4.69) is 69.9 Å². The number of thiazole rings is 1. The van der Waals surface area contributed by atoms with Crippen LogP contribution in [0.4, 0.5) is 11.4 Å². The van der Waals surface area contributed by atoms with E-state index in [9.17, 15) is 10.5 Å². The highest BCUT2D eigenvalue weighted by atomic mass is 32.1. The van der Waals surface area contributed by atoms with Crippen LogP contribution >= 0.6 is 11.3 Å². The van der Waals surface area contributed by atoms with Gasteiger partial charge in [-0.15, -0.1) is 16.4 Å². The van der Waals surface area contributed by atoms with Crippen molar-refractivity contribution in [3.8, 4) is 12.1 Å². The summed E-state index contributed by atoms with van der Waals surface area (Å²) >= 11 is 1.58. The summed E-state index contributed by atoms with van der Waals surface area (Å²) in [5.74, 6) is 0. The Morgan fingerprint density at radius 1 is 1.13 bits per heavy atom. The quantitative estimate of drug-likeness (QED) is 0.254. The second kappa shape index (κ2) is 9.64. The molecule has 1 fully saturated rings. The lowest BCUT2D eigenvalue weighted by molar-refractivity contribution is 0.443. The van der Waals surface area contributed by atoms with Gasteiger partial charge < -0.3 is 10.6 Å². The maximum absolute atomic E-state index is 10.1. The van der Waals surface area contributed by atoms with Gasteiger partial charge in [-0.25, -0.2) is 9.67 Å². The Labute approximate surface area is 230 Å². The van der Waals surface area contributed by atoms with Gasteiger partial charge in [0.05, 0.1) is 56.3 Å². The average molecular weight is 534 g/mol. The number of rotatable bonds is 7. The molecule has 0 saturated heterocycles. The molecule has 3 aromatic heterocycles. The molecule has 1 atom stereocenters. The van der Waals surface area contributed by atoms with Crippen molar-refractivity contribution in [1.29, 1.82) is 10.5 Å². The SMILES string of the molecule is CC(C)(C)CNc1c(C#N)cnc2c(C#N)cc(NC(c3cn(C4CC4)nn3)c3cccc4ncsc34)cc12. The van der Waals surface area contributed by atoms with Crippen molar-refractivity contribution >= 4 is 43.8 Å². The minimum Gasteiger partial charge on any atom is -0.383 e. The lowest BCUT2D eigenvalue weighted by Crippen LogP contribution is -2.20. The molecule has 9 nitrogen and oxygen atoms in total. The van der Waals surface area contributed by atoms with Crippen LogP contribution in [0.3, 0.4) is 0 Å². The molecule has 1 aliphatic rings. The Balaban J connectivity index is 1.49. The van der Waals surface area contributed by atoms with Crippen molar-refractivity contribution in [1.82, 2.24) is 25.0 Å². The molecular weight excluding hydrogens is 506 g/mol. The first-order valence-electron chi connectivity index (χ1n) is 12.9. The topological polar surface area (TPSA) is 128 Å². The summed E-state index contributed by atoms with van der Waals surface area (Å²) in [7, 11) is 0. The summed E-state index contributed by atoms with van der Waals surface area (Å²) in [6, 6.07) is 14.5. The Kier molecular flexibility index (Phi) is 6.13. The number of fused-ring (bicyclic) bond motifs is 2. The number of anilines is 2. The number of pyridine rings is 1. The summed E-state index contributed by atoms with van der Waals surface area (Å²) in [6.45, 7) is 7.04. The molecule has 2 aromatic carbocycles. The summed E-state index contributed by atoms with van der Waals surface area (Å²) in [5, 5.41) is 36.7. The Bertz CT molecular complexity index is 1780. The molecule has 6 rings (SSSR count). The minimum atomic E-state index is -0.330. The maximum Gasteiger partial charge on any atom is 0.110 e. The third-order valence-corrected chi connectivity index (χ3v) is 7.65. The Morgan fingerprint density at radius 2 is 1.95 bits per heavy atom. The van der Waals surface area contributed by atoms with Gasteiger partial charge in [-0.3, -0.25) is 4.98 Å². The number of hydrogen-bond donors (Lipinski definition) is 2. The van der Waals surface area contributed by atoms with E-state index in [1.54, 1.807) is 17.4 Å². The zero-order valence-electron chi connectivity index (χ0n) is 21.9. The van der Waals surface area contributed by atoms with Crippen molar-refractivity contribution < 1.29 is 0 Å². The van der Waals surface area contributed by atoms with Crippen LogP contribution in [0.1, 0.15) is 68.1 Å².